The van der Waals surface area contributed by atoms with Gasteiger partial charge < -0.3 is 15.4 Å². The first kappa shape index (κ1) is 19.5. The smallest absolute Gasteiger partial charge is 0.263 e. The third-order valence-corrected chi connectivity index (χ3v) is 5.04. The Morgan fingerprint density at radius 1 is 1.18 bits per heavy atom. The van der Waals surface area contributed by atoms with Gasteiger partial charge in [0.15, 0.2) is 0 Å². The van der Waals surface area contributed by atoms with Gasteiger partial charge in [0.1, 0.15) is 17.4 Å². The highest BCUT2D eigenvalue weighted by Gasteiger charge is 2.16. The molecule has 0 aliphatic heterocycles. The summed E-state index contributed by atoms with van der Waals surface area (Å²) in [4.78, 5) is 12.5. The summed E-state index contributed by atoms with van der Waals surface area (Å²) in [7, 11) is 1.59. The molecule has 0 saturated heterocycles. The first-order valence-corrected chi connectivity index (χ1v) is 9.54. The lowest BCUT2D eigenvalue weighted by Gasteiger charge is -2.20. The van der Waals surface area contributed by atoms with E-state index in [1.807, 2.05) is 31.2 Å². The minimum Gasteiger partial charge on any atom is -0.497 e. The van der Waals surface area contributed by atoms with Crippen LogP contribution in [0.4, 0.5) is 5.69 Å². The molecular weight excluding hydrogens is 350 g/mol. The van der Waals surface area contributed by atoms with Crippen molar-refractivity contribution < 1.29 is 9.53 Å². The van der Waals surface area contributed by atoms with Crippen molar-refractivity contribution in [2.75, 3.05) is 12.4 Å². The lowest BCUT2D eigenvalue weighted by molar-refractivity contribution is -0.117. The number of nitriles is 1. The Kier molecular flexibility index (Phi) is 6.33. The van der Waals surface area contributed by atoms with Crippen LogP contribution < -0.4 is 15.4 Å². The van der Waals surface area contributed by atoms with E-state index in [0.29, 0.717) is 5.75 Å². The number of hydrogen-bond acceptors (Lipinski definition) is 4. The Hall–Kier alpha value is -3.26. The largest absolute Gasteiger partial charge is 0.497 e. The topological polar surface area (TPSA) is 74.1 Å². The van der Waals surface area contributed by atoms with Gasteiger partial charge in [-0.25, -0.2) is 0 Å². The average molecular weight is 375 g/mol. The Bertz CT molecular complexity index is 928. The molecule has 0 fully saturated rings. The summed E-state index contributed by atoms with van der Waals surface area (Å²) < 4.78 is 5.17. The van der Waals surface area contributed by atoms with Gasteiger partial charge in [-0.05, 0) is 61.4 Å². The highest BCUT2D eigenvalue weighted by molar-refractivity contribution is 5.97. The zero-order chi connectivity index (χ0) is 19.9. The van der Waals surface area contributed by atoms with Crippen molar-refractivity contribution in [1.29, 1.82) is 5.26 Å². The number of hydrogen-bond donors (Lipinski definition) is 2. The Morgan fingerprint density at radius 3 is 2.71 bits per heavy atom. The molecule has 0 bridgehead atoms. The van der Waals surface area contributed by atoms with Crippen LogP contribution >= 0.6 is 0 Å². The minimum absolute atomic E-state index is 0.0210. The van der Waals surface area contributed by atoms with E-state index in [1.54, 1.807) is 13.2 Å². The predicted octanol–water partition coefficient (Wildman–Crippen LogP) is 4.27. The maximum absolute atomic E-state index is 12.5. The zero-order valence-corrected chi connectivity index (χ0v) is 16.3. The molecule has 1 atom stereocenters. The number of carbonyl (C=O) groups is 1. The number of nitrogens with zero attached hydrogens (tertiary/aromatic N) is 1. The monoisotopic (exact) mass is 375 g/mol. The second-order valence-electron chi connectivity index (χ2n) is 6.98. The van der Waals surface area contributed by atoms with Crippen molar-refractivity contribution in [3.63, 3.8) is 0 Å². The summed E-state index contributed by atoms with van der Waals surface area (Å²) in [5.74, 6) is 0.297. The highest BCUT2D eigenvalue weighted by Crippen LogP contribution is 2.25. The van der Waals surface area contributed by atoms with Crippen molar-refractivity contribution in [3.05, 3.63) is 70.9 Å². The van der Waals surface area contributed by atoms with Gasteiger partial charge in [-0.2, -0.15) is 5.26 Å². The SMILES string of the molecule is COc1cccc(N/C=C(/C#N)C(=O)NC(C)c2ccc3c(c2)CCCC3)c1. The number of anilines is 1. The highest BCUT2D eigenvalue weighted by atomic mass is 16.5. The van der Waals surface area contributed by atoms with Crippen LogP contribution in [0.5, 0.6) is 5.75 Å². The number of amides is 1. The molecule has 0 heterocycles. The minimum atomic E-state index is -0.400. The van der Waals surface area contributed by atoms with E-state index in [0.717, 1.165) is 24.1 Å². The van der Waals surface area contributed by atoms with Crippen molar-refractivity contribution in [1.82, 2.24) is 5.32 Å². The Morgan fingerprint density at radius 2 is 1.96 bits per heavy atom. The first-order chi connectivity index (χ1) is 13.6. The van der Waals surface area contributed by atoms with E-state index in [-0.39, 0.29) is 11.6 Å². The maximum Gasteiger partial charge on any atom is 0.263 e. The van der Waals surface area contributed by atoms with E-state index in [4.69, 9.17) is 4.74 Å². The molecule has 0 radical (unpaired) electrons. The fourth-order valence-electron chi connectivity index (χ4n) is 3.40. The molecule has 2 N–H and O–H groups in total. The molecule has 2 aromatic rings. The second kappa shape index (κ2) is 9.09. The van der Waals surface area contributed by atoms with E-state index in [1.165, 1.54) is 30.2 Å². The number of methoxy groups -OCH3 is 1. The van der Waals surface area contributed by atoms with Crippen LogP contribution in [-0.4, -0.2) is 13.0 Å². The molecule has 5 heteroatoms. The van der Waals surface area contributed by atoms with Gasteiger partial charge in [0.25, 0.3) is 5.91 Å². The van der Waals surface area contributed by atoms with E-state index >= 15 is 0 Å². The number of rotatable bonds is 6. The quantitative estimate of drug-likeness (QED) is 0.584. The molecule has 1 unspecified atom stereocenters. The second-order valence-corrected chi connectivity index (χ2v) is 6.98. The van der Waals surface area contributed by atoms with Crippen LogP contribution in [0.2, 0.25) is 0 Å². The van der Waals surface area contributed by atoms with E-state index < -0.39 is 5.91 Å². The van der Waals surface area contributed by atoms with Crippen LogP contribution in [0.15, 0.2) is 54.2 Å². The molecule has 3 rings (SSSR count). The van der Waals surface area contributed by atoms with Crippen molar-refractivity contribution in [2.45, 2.75) is 38.6 Å². The van der Waals surface area contributed by atoms with Gasteiger partial charge in [0.2, 0.25) is 0 Å². The number of fused-ring (bicyclic) bond motifs is 1. The molecule has 2 aromatic carbocycles. The summed E-state index contributed by atoms with van der Waals surface area (Å²) in [5.41, 5.74) is 4.61. The van der Waals surface area contributed by atoms with Crippen LogP contribution in [0.1, 0.15) is 42.5 Å². The number of benzene rings is 2. The molecule has 144 valence electrons. The molecular formula is C23H25N3O2. The number of nitrogens with one attached hydrogen (secondary N) is 2. The summed E-state index contributed by atoms with van der Waals surface area (Å²) in [6.07, 6.45) is 6.11. The van der Waals surface area contributed by atoms with E-state index in [2.05, 4.69) is 28.8 Å². The predicted molar refractivity (Wildman–Crippen MR) is 110 cm³/mol. The van der Waals surface area contributed by atoms with Crippen LogP contribution in [0.25, 0.3) is 0 Å². The fraction of sp³-hybridized carbons (Fsp3) is 0.304. The molecule has 0 aromatic heterocycles. The summed E-state index contributed by atoms with van der Waals surface area (Å²) in [6.45, 7) is 1.94. The number of aryl methyl sites for hydroxylation is 2. The summed E-state index contributed by atoms with van der Waals surface area (Å²) >= 11 is 0. The van der Waals surface area contributed by atoms with Gasteiger partial charge in [-0.3, -0.25) is 4.79 Å². The average Bonchev–Trinajstić information content (AvgIpc) is 2.74. The number of ether oxygens (including phenoxy) is 1. The summed E-state index contributed by atoms with van der Waals surface area (Å²) in [6, 6.07) is 15.5. The van der Waals surface area contributed by atoms with Crippen LogP contribution in [-0.2, 0) is 17.6 Å². The standard InChI is InChI=1S/C23H25N3O2/c1-16(18-11-10-17-6-3-4-7-19(17)12-18)26-23(27)20(14-24)15-25-21-8-5-9-22(13-21)28-2/h5,8-13,15-16,25H,3-4,6-7H2,1-2H3,(H,26,27)/b20-15-. The van der Waals surface area contributed by atoms with E-state index in [9.17, 15) is 10.1 Å². The lowest BCUT2D eigenvalue weighted by Crippen LogP contribution is -2.28. The number of carbonyl (C=O) groups excluding carboxylic acids is 1. The zero-order valence-electron chi connectivity index (χ0n) is 16.3. The van der Waals surface area contributed by atoms with Crippen molar-refractivity contribution in [2.24, 2.45) is 0 Å². The van der Waals surface area contributed by atoms with Gasteiger partial charge in [0, 0.05) is 18.0 Å². The van der Waals surface area contributed by atoms with Gasteiger partial charge in [-0.15, -0.1) is 0 Å². The Labute approximate surface area is 166 Å². The van der Waals surface area contributed by atoms with Crippen molar-refractivity contribution in [3.8, 4) is 11.8 Å². The molecule has 0 saturated carbocycles. The van der Waals surface area contributed by atoms with Crippen LogP contribution in [0.3, 0.4) is 0 Å². The first-order valence-electron chi connectivity index (χ1n) is 9.54. The molecule has 1 amide bonds. The van der Waals surface area contributed by atoms with Crippen LogP contribution in [0, 0.1) is 11.3 Å². The molecule has 5 nitrogen and oxygen atoms in total. The maximum atomic E-state index is 12.5. The molecule has 1 aliphatic carbocycles. The molecule has 0 spiro atoms. The van der Waals surface area contributed by atoms with Gasteiger partial charge in [0.05, 0.1) is 13.2 Å². The molecule has 1 aliphatic rings. The lowest BCUT2D eigenvalue weighted by atomic mass is 9.89. The molecule has 28 heavy (non-hydrogen) atoms. The fourth-order valence-corrected chi connectivity index (χ4v) is 3.40. The Balaban J connectivity index is 1.66. The third kappa shape index (κ3) is 4.72. The third-order valence-electron chi connectivity index (χ3n) is 5.04. The normalized spacial score (nSPS) is 14.4. The van der Waals surface area contributed by atoms with Gasteiger partial charge >= 0.3 is 0 Å². The van der Waals surface area contributed by atoms with Gasteiger partial charge in [-0.1, -0.05) is 24.3 Å². The van der Waals surface area contributed by atoms with Crippen molar-refractivity contribution >= 4 is 11.6 Å². The summed E-state index contributed by atoms with van der Waals surface area (Å²) in [5, 5.41) is 15.3.